The smallest absolute Gasteiger partial charge is 0.333 e. The van der Waals surface area contributed by atoms with Crippen molar-refractivity contribution in [3.05, 3.63) is 24.8 Å². The number of nitrogens with zero attached hydrogens (tertiary/aromatic N) is 1. The van der Waals surface area contributed by atoms with E-state index in [4.69, 9.17) is 9.47 Å². The van der Waals surface area contributed by atoms with Crippen LogP contribution in [-0.2, 0) is 19.1 Å². The van der Waals surface area contributed by atoms with E-state index in [0.29, 0.717) is 18.8 Å². The molecular weight excluding hydrogens is 354 g/mol. The van der Waals surface area contributed by atoms with Crippen molar-refractivity contribution in [2.45, 2.75) is 78.1 Å². The Morgan fingerprint density at radius 2 is 1.36 bits per heavy atom. The third-order valence-electron chi connectivity index (χ3n) is 4.03. The maximum atomic E-state index is 10.8. The molecule has 0 N–H and O–H groups in total. The Labute approximate surface area is 173 Å². The summed E-state index contributed by atoms with van der Waals surface area (Å²) in [6.45, 7) is 12.4. The SMILES string of the molecule is C=C(C)C(=O)OCCN(C)C.C=CC(=O)OCCCCCCCCCCCC. The molecule has 28 heavy (non-hydrogen) atoms. The van der Waals surface area contributed by atoms with Crippen LogP contribution in [0.1, 0.15) is 78.1 Å². The third kappa shape index (κ3) is 24.4. The second-order valence-electron chi connectivity index (χ2n) is 7.27. The molecule has 0 heterocycles. The monoisotopic (exact) mass is 397 g/mol. The summed E-state index contributed by atoms with van der Waals surface area (Å²) in [7, 11) is 3.85. The highest BCUT2D eigenvalue weighted by molar-refractivity contribution is 5.86. The first-order valence-corrected chi connectivity index (χ1v) is 10.6. The molecule has 0 radical (unpaired) electrons. The van der Waals surface area contributed by atoms with Crippen molar-refractivity contribution >= 4 is 11.9 Å². The predicted molar refractivity (Wildman–Crippen MR) is 117 cm³/mol. The van der Waals surface area contributed by atoms with Crippen LogP contribution in [0.2, 0.25) is 0 Å². The number of unbranched alkanes of at least 4 members (excludes halogenated alkanes) is 9. The van der Waals surface area contributed by atoms with Crippen LogP contribution in [-0.4, -0.2) is 50.7 Å². The Kier molecular flexibility index (Phi) is 22.1. The van der Waals surface area contributed by atoms with Crippen LogP contribution in [0.15, 0.2) is 24.8 Å². The average molecular weight is 398 g/mol. The number of hydrogen-bond acceptors (Lipinski definition) is 5. The first kappa shape index (κ1) is 28.6. The minimum atomic E-state index is -0.313. The molecule has 0 rings (SSSR count). The number of likely N-dealkylation sites (N-methyl/N-ethyl adjacent to an activating group) is 1. The largest absolute Gasteiger partial charge is 0.463 e. The van der Waals surface area contributed by atoms with Crippen LogP contribution < -0.4 is 0 Å². The summed E-state index contributed by atoms with van der Waals surface area (Å²) >= 11 is 0. The highest BCUT2D eigenvalue weighted by Gasteiger charge is 2.01. The van der Waals surface area contributed by atoms with E-state index in [0.717, 1.165) is 13.0 Å². The van der Waals surface area contributed by atoms with Crippen molar-refractivity contribution in [2.75, 3.05) is 33.9 Å². The fourth-order valence-corrected chi connectivity index (χ4v) is 2.27. The average Bonchev–Trinajstić information content (AvgIpc) is 2.65. The lowest BCUT2D eigenvalue weighted by Crippen LogP contribution is -2.20. The van der Waals surface area contributed by atoms with Gasteiger partial charge in [-0.2, -0.15) is 0 Å². The minimum absolute atomic E-state index is 0.305. The summed E-state index contributed by atoms with van der Waals surface area (Å²) in [6, 6.07) is 0. The van der Waals surface area contributed by atoms with Gasteiger partial charge >= 0.3 is 11.9 Å². The van der Waals surface area contributed by atoms with Gasteiger partial charge in [-0.05, 0) is 27.4 Å². The quantitative estimate of drug-likeness (QED) is 0.201. The summed E-state index contributed by atoms with van der Waals surface area (Å²) in [4.78, 5) is 23.5. The van der Waals surface area contributed by atoms with Crippen LogP contribution in [0.4, 0.5) is 0 Å². The lowest BCUT2D eigenvalue weighted by atomic mass is 10.1. The molecule has 0 aromatic heterocycles. The normalized spacial score (nSPS) is 10.0. The molecule has 0 aromatic rings. The van der Waals surface area contributed by atoms with E-state index in [2.05, 4.69) is 20.1 Å². The van der Waals surface area contributed by atoms with Crippen LogP contribution in [0.5, 0.6) is 0 Å². The number of esters is 2. The molecule has 0 saturated heterocycles. The predicted octanol–water partition coefficient (Wildman–Crippen LogP) is 5.30. The lowest BCUT2D eigenvalue weighted by molar-refractivity contribution is -0.139. The standard InChI is InChI=1S/C15H28O2.C8H15NO2/c1-3-5-6-7-8-9-10-11-12-13-14-17-15(16)4-2;1-7(2)8(10)11-6-5-9(3)4/h4H,2-3,5-14H2,1H3;1,5-6H2,2-4H3. The summed E-state index contributed by atoms with van der Waals surface area (Å²) in [5, 5.41) is 0. The Hall–Kier alpha value is -1.62. The molecule has 0 aliphatic carbocycles. The molecule has 0 saturated carbocycles. The van der Waals surface area contributed by atoms with E-state index < -0.39 is 0 Å². The molecule has 0 amide bonds. The van der Waals surface area contributed by atoms with Gasteiger partial charge in [0.25, 0.3) is 0 Å². The van der Waals surface area contributed by atoms with E-state index in [1.807, 2.05) is 19.0 Å². The van der Waals surface area contributed by atoms with Gasteiger partial charge in [0, 0.05) is 18.2 Å². The van der Waals surface area contributed by atoms with Gasteiger partial charge in [0.1, 0.15) is 6.61 Å². The molecule has 164 valence electrons. The summed E-state index contributed by atoms with van der Waals surface area (Å²) in [5.74, 6) is -0.618. The number of carbonyl (C=O) groups excluding carboxylic acids is 2. The molecule has 5 nitrogen and oxygen atoms in total. The van der Waals surface area contributed by atoms with Crippen LogP contribution in [0.25, 0.3) is 0 Å². The van der Waals surface area contributed by atoms with Gasteiger partial charge in [-0.1, -0.05) is 77.9 Å². The fraction of sp³-hybridized carbons (Fsp3) is 0.739. The molecule has 0 spiro atoms. The number of carbonyl (C=O) groups is 2. The molecule has 0 atom stereocenters. The first-order valence-electron chi connectivity index (χ1n) is 10.6. The zero-order chi connectivity index (χ0) is 21.6. The molecular formula is C23H43NO4. The highest BCUT2D eigenvalue weighted by atomic mass is 16.5. The fourth-order valence-electron chi connectivity index (χ4n) is 2.27. The van der Waals surface area contributed by atoms with Gasteiger partial charge in [0.15, 0.2) is 0 Å². The van der Waals surface area contributed by atoms with Gasteiger partial charge in [0.2, 0.25) is 0 Å². The zero-order valence-corrected chi connectivity index (χ0v) is 18.8. The second kappa shape index (κ2) is 21.7. The second-order valence-corrected chi connectivity index (χ2v) is 7.27. The van der Waals surface area contributed by atoms with E-state index in [1.54, 1.807) is 6.92 Å². The van der Waals surface area contributed by atoms with Gasteiger partial charge in [-0.25, -0.2) is 9.59 Å². The Morgan fingerprint density at radius 1 is 0.857 bits per heavy atom. The van der Waals surface area contributed by atoms with Crippen LogP contribution in [0.3, 0.4) is 0 Å². The van der Waals surface area contributed by atoms with E-state index >= 15 is 0 Å². The van der Waals surface area contributed by atoms with Crippen molar-refractivity contribution in [3.63, 3.8) is 0 Å². The topological polar surface area (TPSA) is 55.8 Å². The van der Waals surface area contributed by atoms with Gasteiger partial charge in [0.05, 0.1) is 6.61 Å². The zero-order valence-electron chi connectivity index (χ0n) is 18.8. The van der Waals surface area contributed by atoms with Crippen molar-refractivity contribution in [1.29, 1.82) is 0 Å². The summed E-state index contributed by atoms with van der Waals surface area (Å²) in [6.07, 6.45) is 14.2. The van der Waals surface area contributed by atoms with Crippen molar-refractivity contribution in [2.24, 2.45) is 0 Å². The number of ether oxygens (including phenoxy) is 2. The third-order valence-corrected chi connectivity index (χ3v) is 4.03. The maximum absolute atomic E-state index is 10.8. The van der Waals surface area contributed by atoms with E-state index in [9.17, 15) is 9.59 Å². The van der Waals surface area contributed by atoms with Crippen molar-refractivity contribution in [1.82, 2.24) is 4.90 Å². The summed E-state index contributed by atoms with van der Waals surface area (Å²) < 4.78 is 9.74. The lowest BCUT2D eigenvalue weighted by Gasteiger charge is -2.09. The van der Waals surface area contributed by atoms with Crippen molar-refractivity contribution in [3.8, 4) is 0 Å². The maximum Gasteiger partial charge on any atom is 0.333 e. The minimum Gasteiger partial charge on any atom is -0.463 e. The first-order chi connectivity index (χ1) is 13.3. The number of rotatable bonds is 16. The number of hydrogen-bond donors (Lipinski definition) is 0. The van der Waals surface area contributed by atoms with Gasteiger partial charge in [-0.3, -0.25) is 0 Å². The molecule has 5 heteroatoms. The Balaban J connectivity index is 0. The Morgan fingerprint density at radius 3 is 1.79 bits per heavy atom. The molecule has 0 aliphatic heterocycles. The molecule has 0 unspecified atom stereocenters. The highest BCUT2D eigenvalue weighted by Crippen LogP contribution is 2.10. The molecule has 0 aromatic carbocycles. The summed E-state index contributed by atoms with van der Waals surface area (Å²) in [5.41, 5.74) is 0.448. The molecule has 0 fully saturated rings. The van der Waals surface area contributed by atoms with Gasteiger partial charge in [-0.15, -0.1) is 0 Å². The molecule has 0 bridgehead atoms. The van der Waals surface area contributed by atoms with Crippen LogP contribution in [0, 0.1) is 0 Å². The van der Waals surface area contributed by atoms with E-state index in [1.165, 1.54) is 63.9 Å². The Bertz CT molecular complexity index is 419. The van der Waals surface area contributed by atoms with Crippen LogP contribution >= 0.6 is 0 Å². The van der Waals surface area contributed by atoms with Crippen molar-refractivity contribution < 1.29 is 19.1 Å². The molecule has 0 aliphatic rings. The van der Waals surface area contributed by atoms with Gasteiger partial charge < -0.3 is 14.4 Å². The van der Waals surface area contributed by atoms with E-state index in [-0.39, 0.29) is 11.9 Å².